The Bertz CT molecular complexity index is 769. The Balaban J connectivity index is 1.60. The van der Waals surface area contributed by atoms with Crippen molar-refractivity contribution in [3.63, 3.8) is 0 Å². The van der Waals surface area contributed by atoms with Crippen molar-refractivity contribution in [1.82, 2.24) is 4.98 Å². The van der Waals surface area contributed by atoms with Gasteiger partial charge in [-0.25, -0.2) is 18.6 Å². The van der Waals surface area contributed by atoms with Crippen molar-refractivity contribution in [2.24, 2.45) is 0 Å². The molecule has 2 aromatic rings. The number of rotatable bonds is 9. The predicted molar refractivity (Wildman–Crippen MR) is 89.9 cm³/mol. The minimum atomic E-state index is -0.949. The molecule has 1 N–H and O–H groups in total. The van der Waals surface area contributed by atoms with E-state index < -0.39 is 22.5 Å². The first kappa shape index (κ1) is 19.2. The normalized spacial score (nSPS) is 10.4. The summed E-state index contributed by atoms with van der Waals surface area (Å²) >= 11 is 0. The van der Waals surface area contributed by atoms with Gasteiger partial charge in [-0.2, -0.15) is 0 Å². The van der Waals surface area contributed by atoms with Crippen LogP contribution < -0.4 is 5.32 Å². The molecule has 1 aromatic heterocycles. The minimum absolute atomic E-state index is 0.0741. The Morgan fingerprint density at radius 3 is 2.65 bits per heavy atom. The Hall–Kier alpha value is -3.10. The maximum Gasteiger partial charge on any atom is 0.341 e. The molecule has 0 aliphatic heterocycles. The summed E-state index contributed by atoms with van der Waals surface area (Å²) in [7, 11) is 0. The number of esters is 1. The molecule has 0 radical (unpaired) electrons. The molecule has 1 heterocycles. The second-order valence-electron chi connectivity index (χ2n) is 5.41. The molecule has 1 aromatic carbocycles. The van der Waals surface area contributed by atoms with E-state index in [1.807, 2.05) is 0 Å². The highest BCUT2D eigenvalue weighted by Crippen LogP contribution is 2.13. The first-order valence-electron chi connectivity index (χ1n) is 7.94. The largest absolute Gasteiger partial charge is 0.462 e. The molecule has 0 aliphatic carbocycles. The van der Waals surface area contributed by atoms with Crippen LogP contribution in [0.15, 0.2) is 36.5 Å². The molecule has 138 valence electrons. The van der Waals surface area contributed by atoms with Gasteiger partial charge in [0.05, 0.1) is 17.1 Å². The van der Waals surface area contributed by atoms with E-state index >= 15 is 0 Å². The number of halogens is 2. The van der Waals surface area contributed by atoms with Gasteiger partial charge >= 0.3 is 5.97 Å². The molecule has 7 nitrogen and oxygen atoms in total. The van der Waals surface area contributed by atoms with Gasteiger partial charge in [0.2, 0.25) is 0 Å². The Kier molecular flexibility index (Phi) is 6.95. The minimum Gasteiger partial charge on any atom is -0.462 e. The molecule has 2 rings (SSSR count). The highest BCUT2D eigenvalue weighted by molar-refractivity contribution is 5.89. The summed E-state index contributed by atoms with van der Waals surface area (Å²) in [5.41, 5.74) is -0.368. The molecule has 0 bridgehead atoms. The van der Waals surface area contributed by atoms with Crippen LogP contribution in [-0.4, -0.2) is 29.0 Å². The molecule has 0 aliphatic rings. The van der Waals surface area contributed by atoms with Gasteiger partial charge in [-0.05, 0) is 37.5 Å². The predicted octanol–water partition coefficient (Wildman–Crippen LogP) is 3.71. The number of unbranched alkanes of at least 4 members (excludes halogenated alkanes) is 2. The number of anilines is 1. The van der Waals surface area contributed by atoms with Gasteiger partial charge in [-0.3, -0.25) is 10.1 Å². The smallest absolute Gasteiger partial charge is 0.341 e. The van der Waals surface area contributed by atoms with Crippen molar-refractivity contribution in [1.29, 1.82) is 0 Å². The number of ether oxygens (including phenoxy) is 1. The van der Waals surface area contributed by atoms with E-state index in [-0.39, 0.29) is 17.9 Å². The number of pyridine rings is 1. The van der Waals surface area contributed by atoms with Gasteiger partial charge in [0.1, 0.15) is 23.6 Å². The maximum absolute atomic E-state index is 13.4. The molecule has 0 spiro atoms. The van der Waals surface area contributed by atoms with Crippen molar-refractivity contribution in [2.45, 2.75) is 19.3 Å². The Morgan fingerprint density at radius 1 is 1.19 bits per heavy atom. The van der Waals surface area contributed by atoms with E-state index in [4.69, 9.17) is 4.74 Å². The summed E-state index contributed by atoms with van der Waals surface area (Å²) in [5, 5.41) is 13.5. The van der Waals surface area contributed by atoms with E-state index in [2.05, 4.69) is 10.3 Å². The standard InChI is InChI=1S/C17H17F2N3O4/c18-12-4-6-14(15(19)10-12)17(23)26-9-3-1-2-8-20-16-7-5-13(11-21-16)22(24)25/h4-7,10-11H,1-3,8-9H2,(H,20,21). The van der Waals surface area contributed by atoms with Crippen LogP contribution >= 0.6 is 0 Å². The van der Waals surface area contributed by atoms with Gasteiger partial charge in [0.15, 0.2) is 0 Å². The molecule has 26 heavy (non-hydrogen) atoms. The Labute approximate surface area is 148 Å². The zero-order valence-electron chi connectivity index (χ0n) is 13.8. The summed E-state index contributed by atoms with van der Waals surface area (Å²) in [6, 6.07) is 5.57. The van der Waals surface area contributed by atoms with Crippen LogP contribution in [0.5, 0.6) is 0 Å². The number of carbonyl (C=O) groups is 1. The van der Waals surface area contributed by atoms with Crippen molar-refractivity contribution in [2.75, 3.05) is 18.5 Å². The quantitative estimate of drug-likeness (QED) is 0.315. The van der Waals surface area contributed by atoms with Gasteiger partial charge in [0, 0.05) is 18.7 Å². The fourth-order valence-corrected chi connectivity index (χ4v) is 2.12. The van der Waals surface area contributed by atoms with Crippen LogP contribution in [0.2, 0.25) is 0 Å². The van der Waals surface area contributed by atoms with E-state index in [1.165, 1.54) is 18.3 Å². The molecule has 0 unspecified atom stereocenters. The molecular weight excluding hydrogens is 348 g/mol. The van der Waals surface area contributed by atoms with Crippen LogP contribution in [0, 0.1) is 21.7 Å². The molecule has 0 saturated heterocycles. The number of nitrogens with one attached hydrogen (secondary N) is 1. The second kappa shape index (κ2) is 9.40. The lowest BCUT2D eigenvalue weighted by molar-refractivity contribution is -0.385. The lowest BCUT2D eigenvalue weighted by Crippen LogP contribution is -2.09. The first-order valence-corrected chi connectivity index (χ1v) is 7.94. The van der Waals surface area contributed by atoms with Crippen molar-refractivity contribution >= 4 is 17.5 Å². The lowest BCUT2D eigenvalue weighted by atomic mass is 10.2. The lowest BCUT2D eigenvalue weighted by Gasteiger charge is -2.07. The van der Waals surface area contributed by atoms with E-state index in [9.17, 15) is 23.7 Å². The number of hydrogen-bond acceptors (Lipinski definition) is 6. The summed E-state index contributed by atoms with van der Waals surface area (Å²) in [5.74, 6) is -1.99. The fraction of sp³-hybridized carbons (Fsp3) is 0.294. The third-order valence-corrected chi connectivity index (χ3v) is 3.47. The number of hydrogen-bond donors (Lipinski definition) is 1. The fourth-order valence-electron chi connectivity index (χ4n) is 2.12. The average Bonchev–Trinajstić information content (AvgIpc) is 2.61. The molecule has 0 saturated carbocycles. The third-order valence-electron chi connectivity index (χ3n) is 3.47. The van der Waals surface area contributed by atoms with E-state index in [1.54, 1.807) is 0 Å². The van der Waals surface area contributed by atoms with Crippen molar-refractivity contribution in [3.05, 3.63) is 63.8 Å². The first-order chi connectivity index (χ1) is 12.5. The van der Waals surface area contributed by atoms with Crippen molar-refractivity contribution < 1.29 is 23.2 Å². The van der Waals surface area contributed by atoms with E-state index in [0.29, 0.717) is 24.8 Å². The number of nitrogens with zero attached hydrogens (tertiary/aromatic N) is 2. The Morgan fingerprint density at radius 2 is 2.00 bits per heavy atom. The van der Waals surface area contributed by atoms with Gasteiger partial charge < -0.3 is 10.1 Å². The number of benzene rings is 1. The zero-order valence-corrected chi connectivity index (χ0v) is 13.8. The van der Waals surface area contributed by atoms with Crippen LogP contribution in [0.25, 0.3) is 0 Å². The molecule has 0 fully saturated rings. The van der Waals surface area contributed by atoms with Crippen LogP contribution in [0.1, 0.15) is 29.6 Å². The summed E-state index contributed by atoms with van der Waals surface area (Å²) < 4.78 is 31.1. The highest BCUT2D eigenvalue weighted by Gasteiger charge is 2.13. The SMILES string of the molecule is O=C(OCCCCCNc1ccc([N+](=O)[O-])cn1)c1ccc(F)cc1F. The summed E-state index contributed by atoms with van der Waals surface area (Å²) in [6.45, 7) is 0.733. The average molecular weight is 365 g/mol. The van der Waals surface area contributed by atoms with Gasteiger partial charge in [0.25, 0.3) is 5.69 Å². The van der Waals surface area contributed by atoms with Crippen LogP contribution in [-0.2, 0) is 4.74 Å². The summed E-state index contributed by atoms with van der Waals surface area (Å²) in [4.78, 5) is 25.6. The highest BCUT2D eigenvalue weighted by atomic mass is 19.1. The molecule has 0 atom stereocenters. The van der Waals surface area contributed by atoms with Gasteiger partial charge in [-0.15, -0.1) is 0 Å². The third kappa shape index (κ3) is 5.76. The van der Waals surface area contributed by atoms with Crippen LogP contribution in [0.3, 0.4) is 0 Å². The van der Waals surface area contributed by atoms with E-state index in [0.717, 1.165) is 25.0 Å². The number of carbonyl (C=O) groups excluding carboxylic acids is 1. The number of nitro groups is 1. The topological polar surface area (TPSA) is 94.4 Å². The molecule has 0 amide bonds. The number of aromatic nitrogens is 1. The van der Waals surface area contributed by atoms with Gasteiger partial charge in [-0.1, -0.05) is 0 Å². The van der Waals surface area contributed by atoms with Crippen LogP contribution in [0.4, 0.5) is 20.3 Å². The molecular formula is C17H17F2N3O4. The monoisotopic (exact) mass is 365 g/mol. The maximum atomic E-state index is 13.4. The summed E-state index contributed by atoms with van der Waals surface area (Å²) in [6.07, 6.45) is 3.28. The second-order valence-corrected chi connectivity index (χ2v) is 5.41. The van der Waals surface area contributed by atoms with Crippen molar-refractivity contribution in [3.8, 4) is 0 Å². The molecule has 9 heteroatoms. The zero-order chi connectivity index (χ0) is 18.9.